The van der Waals surface area contributed by atoms with Crippen LogP contribution in [-0.4, -0.2) is 24.6 Å². The van der Waals surface area contributed by atoms with Crippen LogP contribution in [0.5, 0.6) is 5.75 Å². The Morgan fingerprint density at radius 1 is 1.22 bits per heavy atom. The van der Waals surface area contributed by atoms with Gasteiger partial charge in [0.2, 0.25) is 0 Å². The minimum Gasteiger partial charge on any atom is -0.410 e. The molecule has 1 aliphatic rings. The van der Waals surface area contributed by atoms with Crippen LogP contribution in [-0.2, 0) is 0 Å². The van der Waals surface area contributed by atoms with Crippen LogP contribution >= 0.6 is 0 Å². The topological polar surface area (TPSA) is 29.5 Å². The number of ether oxygens (including phenoxy) is 1. The van der Waals surface area contributed by atoms with Crippen molar-refractivity contribution in [3.63, 3.8) is 0 Å². The molecular weight excluding hydrogens is 226 g/mol. The Bertz CT molecular complexity index is 371. The summed E-state index contributed by atoms with van der Waals surface area (Å²) in [5.74, 6) is 1.25. The first kappa shape index (κ1) is 12.9. The summed E-state index contributed by atoms with van der Waals surface area (Å²) in [5.41, 5.74) is 0. The summed E-state index contributed by atoms with van der Waals surface area (Å²) < 4.78 is 5.30. The summed E-state index contributed by atoms with van der Waals surface area (Å²) in [7, 11) is 1.82. The summed E-state index contributed by atoms with van der Waals surface area (Å²) in [6.45, 7) is 0.811. The smallest absolute Gasteiger partial charge is 0.410 e. The number of hydrogen-bond acceptors (Lipinski definition) is 2. The highest BCUT2D eigenvalue weighted by Crippen LogP contribution is 2.24. The van der Waals surface area contributed by atoms with Crippen LogP contribution in [0.3, 0.4) is 0 Å². The predicted octanol–water partition coefficient (Wildman–Crippen LogP) is 3.70. The highest BCUT2D eigenvalue weighted by atomic mass is 16.6. The van der Waals surface area contributed by atoms with Gasteiger partial charge in [0.1, 0.15) is 5.75 Å². The maximum Gasteiger partial charge on any atom is 0.414 e. The molecule has 1 aromatic rings. The molecule has 1 aliphatic carbocycles. The van der Waals surface area contributed by atoms with Crippen molar-refractivity contribution >= 4 is 6.09 Å². The second-order valence-electron chi connectivity index (χ2n) is 5.07. The molecule has 0 aliphatic heterocycles. The van der Waals surface area contributed by atoms with Gasteiger partial charge < -0.3 is 9.64 Å². The molecule has 1 amide bonds. The minimum atomic E-state index is -0.258. The normalized spacial score (nSPS) is 16.3. The van der Waals surface area contributed by atoms with Crippen LogP contribution in [0.15, 0.2) is 30.3 Å². The first-order chi connectivity index (χ1) is 8.75. The molecule has 0 aromatic heterocycles. The zero-order valence-corrected chi connectivity index (χ0v) is 11.0. The number of amides is 1. The molecule has 0 heterocycles. The number of nitrogens with zero attached hydrogens (tertiary/aromatic N) is 1. The van der Waals surface area contributed by atoms with Gasteiger partial charge in [-0.15, -0.1) is 0 Å². The molecule has 0 spiro atoms. The van der Waals surface area contributed by atoms with Gasteiger partial charge >= 0.3 is 6.09 Å². The van der Waals surface area contributed by atoms with Crippen molar-refractivity contribution in [2.24, 2.45) is 5.92 Å². The van der Waals surface area contributed by atoms with Crippen molar-refractivity contribution in [2.75, 3.05) is 13.6 Å². The summed E-state index contributed by atoms with van der Waals surface area (Å²) in [6, 6.07) is 9.23. The third kappa shape index (κ3) is 3.76. The first-order valence-corrected chi connectivity index (χ1v) is 6.73. The lowest BCUT2D eigenvalue weighted by atomic mass is 9.89. The summed E-state index contributed by atoms with van der Waals surface area (Å²) in [6.07, 6.45) is 6.16. The lowest BCUT2D eigenvalue weighted by Gasteiger charge is -2.26. The van der Waals surface area contributed by atoms with E-state index in [0.29, 0.717) is 11.7 Å². The van der Waals surface area contributed by atoms with E-state index in [4.69, 9.17) is 4.74 Å². The van der Waals surface area contributed by atoms with Gasteiger partial charge in [0.05, 0.1) is 0 Å². The number of benzene rings is 1. The fraction of sp³-hybridized carbons (Fsp3) is 0.533. The Labute approximate surface area is 109 Å². The third-order valence-corrected chi connectivity index (χ3v) is 3.52. The number of hydrogen-bond donors (Lipinski definition) is 0. The van der Waals surface area contributed by atoms with Crippen molar-refractivity contribution in [3.8, 4) is 5.75 Å². The van der Waals surface area contributed by atoms with Crippen LogP contribution in [0.1, 0.15) is 32.1 Å². The van der Waals surface area contributed by atoms with Crippen molar-refractivity contribution in [3.05, 3.63) is 30.3 Å². The molecule has 98 valence electrons. The lowest BCUT2D eigenvalue weighted by molar-refractivity contribution is 0.150. The van der Waals surface area contributed by atoms with E-state index in [0.717, 1.165) is 6.54 Å². The van der Waals surface area contributed by atoms with E-state index in [9.17, 15) is 4.79 Å². The van der Waals surface area contributed by atoms with Gasteiger partial charge in [0.25, 0.3) is 0 Å². The molecule has 0 unspecified atom stereocenters. The minimum absolute atomic E-state index is 0.258. The SMILES string of the molecule is CN(CC1CCCCC1)C(=O)Oc1ccccc1. The van der Waals surface area contributed by atoms with Crippen LogP contribution in [0, 0.1) is 5.92 Å². The van der Waals surface area contributed by atoms with Gasteiger partial charge in [0, 0.05) is 13.6 Å². The van der Waals surface area contributed by atoms with E-state index in [1.165, 1.54) is 32.1 Å². The second kappa shape index (κ2) is 6.43. The molecule has 1 saturated carbocycles. The van der Waals surface area contributed by atoms with E-state index in [1.54, 1.807) is 17.0 Å². The van der Waals surface area contributed by atoms with Gasteiger partial charge in [-0.2, -0.15) is 0 Å². The molecule has 0 N–H and O–H groups in total. The molecule has 2 rings (SSSR count). The Kier molecular flexibility index (Phi) is 4.62. The molecule has 0 saturated heterocycles. The predicted molar refractivity (Wildman–Crippen MR) is 71.7 cm³/mol. The third-order valence-electron chi connectivity index (χ3n) is 3.52. The van der Waals surface area contributed by atoms with E-state index < -0.39 is 0 Å². The molecule has 1 fully saturated rings. The fourth-order valence-corrected chi connectivity index (χ4v) is 2.50. The number of rotatable bonds is 3. The van der Waals surface area contributed by atoms with Crippen molar-refractivity contribution in [1.82, 2.24) is 4.90 Å². The first-order valence-electron chi connectivity index (χ1n) is 6.73. The Balaban J connectivity index is 1.81. The highest BCUT2D eigenvalue weighted by molar-refractivity contribution is 5.70. The van der Waals surface area contributed by atoms with Gasteiger partial charge in [-0.05, 0) is 30.9 Å². The van der Waals surface area contributed by atoms with Crippen LogP contribution in [0.25, 0.3) is 0 Å². The summed E-state index contributed by atoms with van der Waals surface area (Å²) in [5, 5.41) is 0. The van der Waals surface area contributed by atoms with Gasteiger partial charge in [-0.1, -0.05) is 37.5 Å². The standard InChI is InChI=1S/C15H21NO2/c1-16(12-13-8-4-2-5-9-13)15(17)18-14-10-6-3-7-11-14/h3,6-7,10-11,13H,2,4-5,8-9,12H2,1H3. The van der Waals surface area contributed by atoms with E-state index in [1.807, 2.05) is 25.2 Å². The van der Waals surface area contributed by atoms with Crippen molar-refractivity contribution in [2.45, 2.75) is 32.1 Å². The average Bonchev–Trinajstić information content (AvgIpc) is 2.41. The maximum atomic E-state index is 11.9. The highest BCUT2D eigenvalue weighted by Gasteiger charge is 2.19. The van der Waals surface area contributed by atoms with E-state index >= 15 is 0 Å². The molecule has 0 radical (unpaired) electrons. The number of para-hydroxylation sites is 1. The Morgan fingerprint density at radius 2 is 1.89 bits per heavy atom. The second-order valence-corrected chi connectivity index (χ2v) is 5.07. The molecule has 0 atom stereocenters. The monoisotopic (exact) mass is 247 g/mol. The Hall–Kier alpha value is -1.51. The van der Waals surface area contributed by atoms with Crippen LogP contribution < -0.4 is 4.74 Å². The largest absolute Gasteiger partial charge is 0.414 e. The lowest BCUT2D eigenvalue weighted by Crippen LogP contribution is -2.34. The van der Waals surface area contributed by atoms with Crippen LogP contribution in [0.4, 0.5) is 4.79 Å². The molecule has 0 bridgehead atoms. The van der Waals surface area contributed by atoms with E-state index in [2.05, 4.69) is 0 Å². The molecule has 18 heavy (non-hydrogen) atoms. The zero-order valence-electron chi connectivity index (χ0n) is 11.0. The van der Waals surface area contributed by atoms with Gasteiger partial charge in [0.15, 0.2) is 0 Å². The van der Waals surface area contributed by atoms with Gasteiger partial charge in [-0.25, -0.2) is 4.79 Å². The average molecular weight is 247 g/mol. The maximum absolute atomic E-state index is 11.9. The molecule has 3 heteroatoms. The van der Waals surface area contributed by atoms with Crippen LogP contribution in [0.2, 0.25) is 0 Å². The van der Waals surface area contributed by atoms with Gasteiger partial charge in [-0.3, -0.25) is 0 Å². The van der Waals surface area contributed by atoms with Crippen molar-refractivity contribution < 1.29 is 9.53 Å². The van der Waals surface area contributed by atoms with E-state index in [-0.39, 0.29) is 6.09 Å². The molecule has 1 aromatic carbocycles. The number of carbonyl (C=O) groups is 1. The summed E-state index contributed by atoms with van der Waals surface area (Å²) >= 11 is 0. The fourth-order valence-electron chi connectivity index (χ4n) is 2.50. The number of carbonyl (C=O) groups excluding carboxylic acids is 1. The van der Waals surface area contributed by atoms with Crippen molar-refractivity contribution in [1.29, 1.82) is 0 Å². The summed E-state index contributed by atoms with van der Waals surface area (Å²) in [4.78, 5) is 13.6. The molecule has 3 nitrogen and oxygen atoms in total. The Morgan fingerprint density at radius 3 is 2.56 bits per heavy atom. The molecular formula is C15H21NO2. The quantitative estimate of drug-likeness (QED) is 0.815. The zero-order chi connectivity index (χ0) is 12.8.